The molecule has 4 aromatic rings. The number of fused-ring (bicyclic) bond motifs is 2. The van der Waals surface area contributed by atoms with Gasteiger partial charge in [0.1, 0.15) is 17.1 Å². The van der Waals surface area contributed by atoms with Crippen LogP contribution in [0.2, 0.25) is 5.02 Å². The SMILES string of the molecule is CCCOc1cccc([C@@H]2c3c(oc4ccc(Cl)cc4c3=O)C(=O)N2c2cc(C)on2)c1. The van der Waals surface area contributed by atoms with Crippen molar-refractivity contribution in [2.75, 3.05) is 11.5 Å². The summed E-state index contributed by atoms with van der Waals surface area (Å²) >= 11 is 6.12. The summed E-state index contributed by atoms with van der Waals surface area (Å²) in [6.07, 6.45) is 0.857. The summed E-state index contributed by atoms with van der Waals surface area (Å²) in [5.74, 6) is 1.00. The van der Waals surface area contributed by atoms with Crippen molar-refractivity contribution in [2.24, 2.45) is 0 Å². The highest BCUT2D eigenvalue weighted by Crippen LogP contribution is 2.41. The molecule has 0 unspecified atom stereocenters. The number of benzene rings is 2. The molecule has 5 rings (SSSR count). The van der Waals surface area contributed by atoms with E-state index >= 15 is 0 Å². The van der Waals surface area contributed by atoms with Crippen LogP contribution in [-0.2, 0) is 0 Å². The lowest BCUT2D eigenvalue weighted by atomic mass is 9.98. The smallest absolute Gasteiger partial charge is 0.296 e. The van der Waals surface area contributed by atoms with Gasteiger partial charge >= 0.3 is 0 Å². The lowest BCUT2D eigenvalue weighted by molar-refractivity contribution is 0.0969. The van der Waals surface area contributed by atoms with Crippen LogP contribution in [0.5, 0.6) is 5.75 Å². The number of rotatable bonds is 5. The topological polar surface area (TPSA) is 85.8 Å². The number of carbonyl (C=O) groups excluding carboxylic acids is 1. The van der Waals surface area contributed by atoms with E-state index in [2.05, 4.69) is 5.16 Å². The number of hydrogen-bond acceptors (Lipinski definition) is 6. The summed E-state index contributed by atoms with van der Waals surface area (Å²) in [4.78, 5) is 28.5. The Morgan fingerprint density at radius 2 is 2.00 bits per heavy atom. The van der Waals surface area contributed by atoms with Gasteiger partial charge in [0.2, 0.25) is 5.76 Å². The molecular formula is C24H19ClN2O5. The molecule has 2 aromatic carbocycles. The maximum absolute atomic E-state index is 13.6. The Balaban J connectivity index is 1.76. The summed E-state index contributed by atoms with van der Waals surface area (Å²) in [7, 11) is 0. The van der Waals surface area contributed by atoms with E-state index in [1.165, 1.54) is 4.90 Å². The van der Waals surface area contributed by atoms with Gasteiger partial charge in [0.05, 0.1) is 23.6 Å². The highest BCUT2D eigenvalue weighted by atomic mass is 35.5. The molecule has 0 spiro atoms. The van der Waals surface area contributed by atoms with Crippen molar-refractivity contribution < 1.29 is 18.5 Å². The molecule has 0 radical (unpaired) electrons. The Labute approximate surface area is 188 Å². The number of aryl methyl sites for hydroxylation is 1. The fourth-order valence-corrected chi connectivity index (χ4v) is 4.13. The maximum atomic E-state index is 13.6. The van der Waals surface area contributed by atoms with Crippen molar-refractivity contribution in [3.63, 3.8) is 0 Å². The zero-order valence-corrected chi connectivity index (χ0v) is 18.2. The van der Waals surface area contributed by atoms with Crippen molar-refractivity contribution in [1.29, 1.82) is 0 Å². The minimum absolute atomic E-state index is 0.0182. The third kappa shape index (κ3) is 3.26. The maximum Gasteiger partial charge on any atom is 0.296 e. The average Bonchev–Trinajstić information content (AvgIpc) is 3.34. The van der Waals surface area contributed by atoms with Gasteiger partial charge in [0, 0.05) is 11.1 Å². The van der Waals surface area contributed by atoms with Gasteiger partial charge in [-0.05, 0) is 49.2 Å². The minimum Gasteiger partial charge on any atom is -0.494 e. The van der Waals surface area contributed by atoms with E-state index in [1.807, 2.05) is 31.2 Å². The van der Waals surface area contributed by atoms with Crippen LogP contribution in [0.3, 0.4) is 0 Å². The minimum atomic E-state index is -0.758. The molecule has 0 bridgehead atoms. The Kier molecular flexibility index (Phi) is 4.98. The molecule has 3 heterocycles. The first kappa shape index (κ1) is 20.3. The van der Waals surface area contributed by atoms with Gasteiger partial charge < -0.3 is 13.7 Å². The summed E-state index contributed by atoms with van der Waals surface area (Å²) in [6, 6.07) is 13.0. The number of anilines is 1. The number of aromatic nitrogens is 1. The molecule has 1 aliphatic heterocycles. The first-order valence-electron chi connectivity index (χ1n) is 10.2. The zero-order valence-electron chi connectivity index (χ0n) is 17.4. The van der Waals surface area contributed by atoms with Crippen LogP contribution < -0.4 is 15.1 Å². The largest absolute Gasteiger partial charge is 0.494 e. The van der Waals surface area contributed by atoms with E-state index in [4.69, 9.17) is 25.3 Å². The zero-order chi connectivity index (χ0) is 22.4. The Morgan fingerprint density at radius 1 is 1.16 bits per heavy atom. The molecule has 32 heavy (non-hydrogen) atoms. The molecule has 0 aliphatic carbocycles. The number of amides is 1. The van der Waals surface area contributed by atoms with E-state index in [9.17, 15) is 9.59 Å². The van der Waals surface area contributed by atoms with Crippen LogP contribution in [0.15, 0.2) is 62.3 Å². The second-order valence-electron chi connectivity index (χ2n) is 7.61. The number of hydrogen-bond donors (Lipinski definition) is 0. The molecule has 0 fully saturated rings. The monoisotopic (exact) mass is 450 g/mol. The van der Waals surface area contributed by atoms with Crippen LogP contribution in [0.25, 0.3) is 11.0 Å². The lowest BCUT2D eigenvalue weighted by Crippen LogP contribution is -2.29. The summed E-state index contributed by atoms with van der Waals surface area (Å²) in [5.41, 5.74) is 0.909. The fourth-order valence-electron chi connectivity index (χ4n) is 3.96. The first-order valence-corrected chi connectivity index (χ1v) is 10.6. The number of carbonyl (C=O) groups is 1. The lowest BCUT2D eigenvalue weighted by Gasteiger charge is -2.22. The summed E-state index contributed by atoms with van der Waals surface area (Å²) in [5, 5.41) is 4.74. The molecule has 7 nitrogen and oxygen atoms in total. The number of halogens is 1. The predicted octanol–water partition coefficient (Wildman–Crippen LogP) is 5.28. The van der Waals surface area contributed by atoms with E-state index in [0.717, 1.165) is 6.42 Å². The third-order valence-electron chi connectivity index (χ3n) is 5.34. The second-order valence-corrected chi connectivity index (χ2v) is 8.05. The van der Waals surface area contributed by atoms with Crippen LogP contribution in [0, 0.1) is 6.92 Å². The highest BCUT2D eigenvalue weighted by Gasteiger charge is 2.45. The first-order chi connectivity index (χ1) is 15.5. The molecule has 162 valence electrons. The molecule has 1 aliphatic rings. The fraction of sp³-hybridized carbons (Fsp3) is 0.208. The quantitative estimate of drug-likeness (QED) is 0.411. The number of nitrogens with zero attached hydrogens (tertiary/aromatic N) is 2. The van der Waals surface area contributed by atoms with E-state index in [0.29, 0.717) is 45.5 Å². The highest BCUT2D eigenvalue weighted by molar-refractivity contribution is 6.31. The molecule has 0 saturated heterocycles. The van der Waals surface area contributed by atoms with E-state index in [-0.39, 0.29) is 16.8 Å². The van der Waals surface area contributed by atoms with Gasteiger partial charge in [-0.2, -0.15) is 0 Å². The standard InChI is InChI=1S/C24H19ClN2O5/c1-3-9-30-16-6-4-5-14(11-16)21-20-22(28)17-12-15(25)7-8-18(17)31-23(20)24(29)27(21)19-10-13(2)32-26-19/h4-8,10-12,21H,3,9H2,1-2H3/t21-/m1/s1. The summed E-state index contributed by atoms with van der Waals surface area (Å²) in [6.45, 7) is 4.31. The van der Waals surface area contributed by atoms with Crippen molar-refractivity contribution in [3.8, 4) is 5.75 Å². The Bertz CT molecular complexity index is 1410. The van der Waals surface area contributed by atoms with Crippen molar-refractivity contribution >= 4 is 34.3 Å². The normalized spacial score (nSPS) is 15.4. The predicted molar refractivity (Wildman–Crippen MR) is 120 cm³/mol. The second kappa shape index (κ2) is 7.84. The molecule has 1 atom stereocenters. The van der Waals surface area contributed by atoms with Crippen LogP contribution in [-0.4, -0.2) is 17.7 Å². The van der Waals surface area contributed by atoms with Gasteiger partial charge in [-0.3, -0.25) is 14.5 Å². The molecule has 2 aromatic heterocycles. The average molecular weight is 451 g/mol. The van der Waals surface area contributed by atoms with Crippen LogP contribution in [0.1, 0.15) is 46.8 Å². The van der Waals surface area contributed by atoms with Crippen LogP contribution >= 0.6 is 11.6 Å². The Morgan fingerprint density at radius 3 is 2.75 bits per heavy atom. The summed E-state index contributed by atoms with van der Waals surface area (Å²) < 4.78 is 16.9. The van der Waals surface area contributed by atoms with E-state index < -0.39 is 11.9 Å². The van der Waals surface area contributed by atoms with Gasteiger partial charge in [-0.25, -0.2) is 0 Å². The Hall–Kier alpha value is -3.58. The molecule has 1 amide bonds. The molecular weight excluding hydrogens is 432 g/mol. The number of ether oxygens (including phenoxy) is 1. The molecule has 8 heteroatoms. The van der Waals surface area contributed by atoms with Crippen molar-refractivity contribution in [3.05, 3.63) is 86.4 Å². The third-order valence-corrected chi connectivity index (χ3v) is 5.58. The van der Waals surface area contributed by atoms with Crippen LogP contribution in [0.4, 0.5) is 5.82 Å². The molecule has 0 N–H and O–H groups in total. The van der Waals surface area contributed by atoms with Gasteiger partial charge in [0.15, 0.2) is 11.2 Å². The van der Waals surface area contributed by atoms with E-state index in [1.54, 1.807) is 31.2 Å². The van der Waals surface area contributed by atoms with Crippen molar-refractivity contribution in [2.45, 2.75) is 26.3 Å². The van der Waals surface area contributed by atoms with Gasteiger partial charge in [-0.15, -0.1) is 0 Å². The van der Waals surface area contributed by atoms with Gasteiger partial charge in [0.25, 0.3) is 5.91 Å². The molecule has 0 saturated carbocycles. The van der Waals surface area contributed by atoms with Gasteiger partial charge in [-0.1, -0.05) is 35.8 Å². The van der Waals surface area contributed by atoms with Crippen molar-refractivity contribution in [1.82, 2.24) is 5.16 Å².